The summed E-state index contributed by atoms with van der Waals surface area (Å²) < 4.78 is 15.1. The molecule has 0 spiro atoms. The molecule has 7 heteroatoms. The third-order valence-electron chi connectivity index (χ3n) is 4.79. The van der Waals surface area contributed by atoms with Gasteiger partial charge in [-0.3, -0.25) is 19.5 Å². The summed E-state index contributed by atoms with van der Waals surface area (Å²) in [5.74, 6) is -0.692. The van der Waals surface area contributed by atoms with E-state index in [1.54, 1.807) is 30.6 Å². The fourth-order valence-corrected chi connectivity index (χ4v) is 4.20. The molecule has 4 rings (SSSR count). The van der Waals surface area contributed by atoms with Crippen LogP contribution in [0.25, 0.3) is 11.8 Å². The molecule has 29 heavy (non-hydrogen) atoms. The maximum atomic E-state index is 13.1. The molecule has 3 heterocycles. The van der Waals surface area contributed by atoms with E-state index in [1.165, 1.54) is 17.0 Å². The number of thioether (sulfide) groups is 1. The molecule has 1 aliphatic rings. The van der Waals surface area contributed by atoms with E-state index in [9.17, 15) is 14.0 Å². The predicted octanol–water partition coefficient (Wildman–Crippen LogP) is 4.86. The van der Waals surface area contributed by atoms with E-state index in [1.807, 2.05) is 32.0 Å². The van der Waals surface area contributed by atoms with Crippen LogP contribution in [0.3, 0.4) is 0 Å². The minimum Gasteiger partial charge on any atom is -0.316 e. The van der Waals surface area contributed by atoms with Crippen molar-refractivity contribution in [3.05, 3.63) is 88.1 Å². The van der Waals surface area contributed by atoms with Gasteiger partial charge in [-0.25, -0.2) is 4.39 Å². The Labute approximate surface area is 171 Å². The van der Waals surface area contributed by atoms with Crippen molar-refractivity contribution in [3.8, 4) is 5.69 Å². The van der Waals surface area contributed by atoms with E-state index >= 15 is 0 Å². The molecule has 2 amide bonds. The molecule has 5 nitrogen and oxygen atoms in total. The number of carbonyl (C=O) groups excluding carboxylic acids is 2. The van der Waals surface area contributed by atoms with Crippen molar-refractivity contribution < 1.29 is 14.0 Å². The molecule has 0 saturated carbocycles. The van der Waals surface area contributed by atoms with Crippen molar-refractivity contribution in [3.63, 3.8) is 0 Å². The summed E-state index contributed by atoms with van der Waals surface area (Å²) in [6.07, 6.45) is 5.25. The summed E-state index contributed by atoms with van der Waals surface area (Å²) in [5, 5.41) is -0.327. The summed E-state index contributed by atoms with van der Waals surface area (Å²) in [7, 11) is 0. The average Bonchev–Trinajstić information content (AvgIpc) is 3.14. The molecule has 0 aliphatic carbocycles. The molecule has 0 N–H and O–H groups in total. The second kappa shape index (κ2) is 7.67. The Kier molecular flexibility index (Phi) is 5.07. The number of hydrogen-bond acceptors (Lipinski definition) is 4. The van der Waals surface area contributed by atoms with E-state index in [2.05, 4.69) is 9.55 Å². The van der Waals surface area contributed by atoms with Gasteiger partial charge in [-0.15, -0.1) is 0 Å². The fourth-order valence-electron chi connectivity index (χ4n) is 3.37. The van der Waals surface area contributed by atoms with Crippen molar-refractivity contribution >= 4 is 29.0 Å². The second-order valence-electron chi connectivity index (χ2n) is 6.77. The van der Waals surface area contributed by atoms with Gasteiger partial charge in [0.25, 0.3) is 11.1 Å². The number of pyridine rings is 1. The Hall–Kier alpha value is -3.19. The number of rotatable bonds is 4. The van der Waals surface area contributed by atoms with Crippen LogP contribution < -0.4 is 0 Å². The number of halogens is 1. The van der Waals surface area contributed by atoms with Gasteiger partial charge in [0.05, 0.1) is 23.3 Å². The zero-order chi connectivity index (χ0) is 20.5. The van der Waals surface area contributed by atoms with Gasteiger partial charge in [-0.1, -0.05) is 12.1 Å². The topological polar surface area (TPSA) is 55.2 Å². The number of benzene rings is 1. The smallest absolute Gasteiger partial charge is 0.293 e. The molecule has 1 fully saturated rings. The van der Waals surface area contributed by atoms with Crippen LogP contribution in [-0.2, 0) is 11.3 Å². The van der Waals surface area contributed by atoms with Crippen molar-refractivity contribution in [2.24, 2.45) is 0 Å². The molecule has 1 saturated heterocycles. The molecule has 146 valence electrons. The van der Waals surface area contributed by atoms with Gasteiger partial charge >= 0.3 is 0 Å². The van der Waals surface area contributed by atoms with E-state index in [0.717, 1.165) is 34.4 Å². The first-order valence-corrected chi connectivity index (χ1v) is 9.85. The van der Waals surface area contributed by atoms with Gasteiger partial charge in [0.1, 0.15) is 5.82 Å². The van der Waals surface area contributed by atoms with E-state index in [4.69, 9.17) is 0 Å². The SMILES string of the molecule is Cc1cc(/C=C2\SC(=O)N(Cc3ccc(F)cc3)C2=O)c(C)n1-c1cccnc1. The van der Waals surface area contributed by atoms with Crippen LogP contribution in [0.5, 0.6) is 0 Å². The molecule has 0 atom stereocenters. The number of hydrogen-bond donors (Lipinski definition) is 0. The van der Waals surface area contributed by atoms with Gasteiger partial charge in [-0.05, 0) is 73.1 Å². The maximum Gasteiger partial charge on any atom is 0.293 e. The molecule has 1 aliphatic heterocycles. The number of amides is 2. The van der Waals surface area contributed by atoms with Crippen LogP contribution >= 0.6 is 11.8 Å². The first kappa shape index (κ1) is 19.1. The molecule has 0 unspecified atom stereocenters. The second-order valence-corrected chi connectivity index (χ2v) is 7.76. The molecular weight excluding hydrogens is 389 g/mol. The van der Waals surface area contributed by atoms with Crippen LogP contribution in [-0.4, -0.2) is 25.6 Å². The Bertz CT molecular complexity index is 1120. The minimum absolute atomic E-state index is 0.122. The lowest BCUT2D eigenvalue weighted by Gasteiger charge is -2.12. The van der Waals surface area contributed by atoms with E-state index in [-0.39, 0.29) is 23.5 Å². The van der Waals surface area contributed by atoms with Gasteiger partial charge in [0, 0.05) is 17.6 Å². The highest BCUT2D eigenvalue weighted by Crippen LogP contribution is 2.34. The number of nitrogens with zero attached hydrogens (tertiary/aromatic N) is 3. The summed E-state index contributed by atoms with van der Waals surface area (Å²) >= 11 is 0.922. The van der Waals surface area contributed by atoms with Crippen LogP contribution in [0.4, 0.5) is 9.18 Å². The largest absolute Gasteiger partial charge is 0.316 e. The number of imide groups is 1. The standard InChI is InChI=1S/C22H18FN3O2S/c1-14-10-17(15(2)26(14)19-4-3-9-24-12-19)11-20-21(27)25(22(28)29-20)13-16-5-7-18(23)8-6-16/h3-12H,13H2,1-2H3/b20-11-. The van der Waals surface area contributed by atoms with Crippen molar-refractivity contribution in [1.82, 2.24) is 14.5 Å². The molecule has 0 bridgehead atoms. The van der Waals surface area contributed by atoms with Crippen LogP contribution in [0.1, 0.15) is 22.5 Å². The monoisotopic (exact) mass is 407 g/mol. The van der Waals surface area contributed by atoms with Crippen LogP contribution in [0, 0.1) is 19.7 Å². The highest BCUT2D eigenvalue weighted by Gasteiger charge is 2.35. The highest BCUT2D eigenvalue weighted by atomic mass is 32.2. The number of aryl methyl sites for hydroxylation is 1. The lowest BCUT2D eigenvalue weighted by molar-refractivity contribution is -0.123. The first-order valence-electron chi connectivity index (χ1n) is 9.03. The first-order chi connectivity index (χ1) is 13.9. The lowest BCUT2D eigenvalue weighted by Crippen LogP contribution is -2.27. The lowest BCUT2D eigenvalue weighted by atomic mass is 10.2. The van der Waals surface area contributed by atoms with Crippen molar-refractivity contribution in [2.75, 3.05) is 0 Å². The third-order valence-corrected chi connectivity index (χ3v) is 5.70. The van der Waals surface area contributed by atoms with Gasteiger partial charge < -0.3 is 4.57 Å². The van der Waals surface area contributed by atoms with Crippen molar-refractivity contribution in [1.29, 1.82) is 0 Å². The molecule has 1 aromatic carbocycles. The van der Waals surface area contributed by atoms with Crippen molar-refractivity contribution in [2.45, 2.75) is 20.4 Å². The Morgan fingerprint density at radius 1 is 1.14 bits per heavy atom. The molecule has 3 aromatic rings. The Balaban J connectivity index is 1.62. The molecular formula is C22H18FN3O2S. The predicted molar refractivity (Wildman–Crippen MR) is 111 cm³/mol. The Morgan fingerprint density at radius 2 is 1.90 bits per heavy atom. The average molecular weight is 407 g/mol. The number of aromatic nitrogens is 2. The quantitative estimate of drug-likeness (QED) is 0.580. The van der Waals surface area contributed by atoms with E-state index in [0.29, 0.717) is 10.5 Å². The summed E-state index contributed by atoms with van der Waals surface area (Å²) in [5.41, 5.74) is 4.48. The molecule has 0 radical (unpaired) electrons. The summed E-state index contributed by atoms with van der Waals surface area (Å²) in [4.78, 5) is 30.9. The zero-order valence-electron chi connectivity index (χ0n) is 15.9. The maximum absolute atomic E-state index is 13.1. The highest BCUT2D eigenvalue weighted by molar-refractivity contribution is 8.18. The van der Waals surface area contributed by atoms with E-state index < -0.39 is 0 Å². The Morgan fingerprint density at radius 3 is 2.59 bits per heavy atom. The molecule has 2 aromatic heterocycles. The zero-order valence-corrected chi connectivity index (χ0v) is 16.7. The minimum atomic E-state index is -0.355. The summed E-state index contributed by atoms with van der Waals surface area (Å²) in [6, 6.07) is 11.6. The van der Waals surface area contributed by atoms with Crippen LogP contribution in [0.15, 0.2) is 59.8 Å². The van der Waals surface area contributed by atoms with Gasteiger partial charge in [0.15, 0.2) is 0 Å². The van der Waals surface area contributed by atoms with Gasteiger partial charge in [-0.2, -0.15) is 0 Å². The third kappa shape index (κ3) is 3.73. The number of carbonyl (C=O) groups is 2. The summed E-state index contributed by atoms with van der Waals surface area (Å²) in [6.45, 7) is 4.07. The normalized spacial score (nSPS) is 15.6. The van der Waals surface area contributed by atoms with Crippen LogP contribution in [0.2, 0.25) is 0 Å². The fraction of sp³-hybridized carbons (Fsp3) is 0.136. The van der Waals surface area contributed by atoms with Gasteiger partial charge in [0.2, 0.25) is 0 Å².